The maximum absolute atomic E-state index is 15.2. The Bertz CT molecular complexity index is 1470. The SMILES string of the molecule is COc1cc(F)c([C@@H]2CN(c3ncccc3C(F)(F)F)C(=O)[C@H]2NC(=O)C2CCc3cc(OC)ccc3C2)c(F)c1. The van der Waals surface area contributed by atoms with E-state index < -0.39 is 71.0 Å². The number of rotatable bonds is 6. The van der Waals surface area contributed by atoms with Gasteiger partial charge in [-0.15, -0.1) is 0 Å². The predicted molar refractivity (Wildman–Crippen MR) is 138 cm³/mol. The van der Waals surface area contributed by atoms with Gasteiger partial charge in [0.1, 0.15) is 35.0 Å². The molecule has 0 bridgehead atoms. The van der Waals surface area contributed by atoms with Crippen molar-refractivity contribution in [2.75, 3.05) is 25.7 Å². The van der Waals surface area contributed by atoms with Gasteiger partial charge in [0.15, 0.2) is 0 Å². The molecular weight excluding hydrogens is 549 g/mol. The summed E-state index contributed by atoms with van der Waals surface area (Å²) in [5.41, 5.74) is 0.210. The molecule has 1 aliphatic heterocycles. The Labute approximate surface area is 232 Å². The Morgan fingerprint density at radius 3 is 2.39 bits per heavy atom. The van der Waals surface area contributed by atoms with Gasteiger partial charge in [0.25, 0.3) is 5.91 Å². The predicted octanol–water partition coefficient (Wildman–Crippen LogP) is 4.82. The van der Waals surface area contributed by atoms with Crippen LogP contribution in [0.15, 0.2) is 48.7 Å². The van der Waals surface area contributed by atoms with Crippen molar-refractivity contribution in [1.29, 1.82) is 0 Å². The third-order valence-corrected chi connectivity index (χ3v) is 7.63. The Hall–Kier alpha value is -4.22. The van der Waals surface area contributed by atoms with Crippen LogP contribution < -0.4 is 19.7 Å². The van der Waals surface area contributed by atoms with Crippen LogP contribution in [-0.2, 0) is 28.6 Å². The van der Waals surface area contributed by atoms with E-state index in [4.69, 9.17) is 9.47 Å². The summed E-state index contributed by atoms with van der Waals surface area (Å²) in [5.74, 6) is -5.66. The topological polar surface area (TPSA) is 80.8 Å². The summed E-state index contributed by atoms with van der Waals surface area (Å²) in [7, 11) is 2.77. The molecule has 0 saturated carbocycles. The fraction of sp³-hybridized carbons (Fsp3) is 0.345. The zero-order chi connectivity index (χ0) is 29.5. The summed E-state index contributed by atoms with van der Waals surface area (Å²) in [6, 6.07) is 7.63. The van der Waals surface area contributed by atoms with Crippen LogP contribution in [0.5, 0.6) is 11.5 Å². The van der Waals surface area contributed by atoms with E-state index in [2.05, 4.69) is 10.3 Å². The molecule has 1 aliphatic carbocycles. The Kier molecular flexibility index (Phi) is 7.58. The number of aryl methyl sites for hydroxylation is 1. The van der Waals surface area contributed by atoms with Gasteiger partial charge in [-0.3, -0.25) is 14.5 Å². The van der Waals surface area contributed by atoms with Gasteiger partial charge >= 0.3 is 6.18 Å². The number of nitrogens with zero attached hydrogens (tertiary/aromatic N) is 2. The number of hydrogen-bond acceptors (Lipinski definition) is 5. The van der Waals surface area contributed by atoms with E-state index in [9.17, 15) is 22.8 Å². The molecule has 41 heavy (non-hydrogen) atoms. The highest BCUT2D eigenvalue weighted by Gasteiger charge is 2.48. The monoisotopic (exact) mass is 575 g/mol. The van der Waals surface area contributed by atoms with Crippen molar-refractivity contribution >= 4 is 17.6 Å². The molecule has 1 unspecified atom stereocenters. The summed E-state index contributed by atoms with van der Waals surface area (Å²) in [6.07, 6.45) is -2.42. The second-order valence-electron chi connectivity index (χ2n) is 9.99. The van der Waals surface area contributed by atoms with Crippen molar-refractivity contribution in [2.45, 2.75) is 37.4 Å². The lowest BCUT2D eigenvalue weighted by Crippen LogP contribution is -2.47. The molecule has 216 valence electrons. The Morgan fingerprint density at radius 1 is 1.02 bits per heavy atom. The summed E-state index contributed by atoms with van der Waals surface area (Å²) >= 11 is 0. The van der Waals surface area contributed by atoms with Crippen molar-refractivity contribution in [3.8, 4) is 11.5 Å². The molecular formula is C29H26F5N3O4. The molecule has 1 aromatic heterocycles. The third-order valence-electron chi connectivity index (χ3n) is 7.63. The molecule has 5 rings (SSSR count). The number of halogens is 5. The number of anilines is 1. The van der Waals surface area contributed by atoms with Crippen molar-refractivity contribution in [3.05, 3.63) is 82.5 Å². The van der Waals surface area contributed by atoms with E-state index in [-0.39, 0.29) is 5.75 Å². The van der Waals surface area contributed by atoms with Crippen LogP contribution >= 0.6 is 0 Å². The minimum atomic E-state index is -4.85. The molecule has 0 radical (unpaired) electrons. The van der Waals surface area contributed by atoms with E-state index in [0.29, 0.717) is 25.0 Å². The molecule has 2 aliphatic rings. The number of ether oxygens (including phenoxy) is 2. The van der Waals surface area contributed by atoms with E-state index in [1.165, 1.54) is 7.11 Å². The summed E-state index contributed by atoms with van der Waals surface area (Å²) in [6.45, 7) is -0.544. The Balaban J connectivity index is 1.49. The normalized spacial score (nSPS) is 20.5. The van der Waals surface area contributed by atoms with Crippen LogP contribution in [0.4, 0.5) is 27.8 Å². The fourth-order valence-corrected chi connectivity index (χ4v) is 5.56. The number of nitrogens with one attached hydrogen (secondary N) is 1. The van der Waals surface area contributed by atoms with Gasteiger partial charge in [-0.25, -0.2) is 13.8 Å². The highest BCUT2D eigenvalue weighted by Crippen LogP contribution is 2.41. The molecule has 7 nitrogen and oxygen atoms in total. The van der Waals surface area contributed by atoms with Gasteiger partial charge in [-0.05, 0) is 54.7 Å². The zero-order valence-electron chi connectivity index (χ0n) is 22.1. The minimum Gasteiger partial charge on any atom is -0.497 e. The number of aromatic nitrogens is 1. The standard InChI is InChI=1S/C29H26F5N3O4/c1-40-18-8-7-15-10-17(6-5-16(15)11-18)27(38)36-25-20(24-22(30)12-19(41-2)13-23(24)31)14-37(28(25)39)26-21(29(32,33)34)4-3-9-35-26/h3-4,7-9,11-13,17,20,25H,5-6,10,14H2,1-2H3,(H,36,38)/t17?,20-,25-/m0/s1. The van der Waals surface area contributed by atoms with Gasteiger partial charge in [-0.1, -0.05) is 6.07 Å². The average Bonchev–Trinajstić information content (AvgIpc) is 3.26. The lowest BCUT2D eigenvalue weighted by atomic mass is 9.83. The van der Waals surface area contributed by atoms with E-state index >= 15 is 8.78 Å². The van der Waals surface area contributed by atoms with Gasteiger partial charge in [0, 0.05) is 42.3 Å². The number of methoxy groups -OCH3 is 2. The minimum absolute atomic E-state index is 0.118. The van der Waals surface area contributed by atoms with Crippen LogP contribution in [0.2, 0.25) is 0 Å². The molecule has 2 amide bonds. The van der Waals surface area contributed by atoms with E-state index in [1.54, 1.807) is 13.2 Å². The molecule has 1 N–H and O–H groups in total. The second kappa shape index (κ2) is 11.0. The number of hydrogen-bond donors (Lipinski definition) is 1. The van der Waals surface area contributed by atoms with Crippen LogP contribution in [-0.4, -0.2) is 43.6 Å². The van der Waals surface area contributed by atoms with Gasteiger partial charge in [0.05, 0.1) is 19.8 Å². The fourth-order valence-electron chi connectivity index (χ4n) is 5.56. The number of pyridine rings is 1. The maximum Gasteiger partial charge on any atom is 0.419 e. The third kappa shape index (κ3) is 5.42. The van der Waals surface area contributed by atoms with E-state index in [0.717, 1.165) is 46.5 Å². The summed E-state index contributed by atoms with van der Waals surface area (Å²) in [4.78, 5) is 31.6. The number of carbonyl (C=O) groups is 2. The average molecular weight is 576 g/mol. The van der Waals surface area contributed by atoms with Crippen LogP contribution in [0.1, 0.15) is 34.6 Å². The Morgan fingerprint density at radius 2 is 1.73 bits per heavy atom. The van der Waals surface area contributed by atoms with Gasteiger partial charge in [-0.2, -0.15) is 13.2 Å². The van der Waals surface area contributed by atoms with Crippen molar-refractivity contribution in [2.24, 2.45) is 5.92 Å². The van der Waals surface area contributed by atoms with Crippen LogP contribution in [0.25, 0.3) is 0 Å². The summed E-state index contributed by atoms with van der Waals surface area (Å²) in [5, 5.41) is 2.61. The van der Waals surface area contributed by atoms with Crippen LogP contribution in [0.3, 0.4) is 0 Å². The molecule has 1 fully saturated rings. The van der Waals surface area contributed by atoms with Crippen LogP contribution in [0, 0.1) is 17.6 Å². The number of fused-ring (bicyclic) bond motifs is 1. The molecule has 0 spiro atoms. The molecule has 3 aromatic rings. The van der Waals surface area contributed by atoms with Crippen molar-refractivity contribution in [1.82, 2.24) is 10.3 Å². The molecule has 2 heterocycles. The first-order valence-corrected chi connectivity index (χ1v) is 12.8. The highest BCUT2D eigenvalue weighted by atomic mass is 19.4. The molecule has 3 atom stereocenters. The smallest absolute Gasteiger partial charge is 0.419 e. The zero-order valence-corrected chi connectivity index (χ0v) is 22.1. The molecule has 12 heteroatoms. The first-order valence-electron chi connectivity index (χ1n) is 12.8. The number of alkyl halides is 3. The maximum atomic E-state index is 15.2. The molecule has 2 aromatic carbocycles. The number of amides is 2. The van der Waals surface area contributed by atoms with Crippen molar-refractivity contribution in [3.63, 3.8) is 0 Å². The van der Waals surface area contributed by atoms with Gasteiger partial charge < -0.3 is 14.8 Å². The highest BCUT2D eigenvalue weighted by molar-refractivity contribution is 6.02. The lowest BCUT2D eigenvalue weighted by molar-refractivity contribution is -0.137. The van der Waals surface area contributed by atoms with Gasteiger partial charge in [0.2, 0.25) is 5.91 Å². The quantitative estimate of drug-likeness (QED) is 0.427. The number of benzene rings is 2. The summed E-state index contributed by atoms with van der Waals surface area (Å²) < 4.78 is 81.9. The first-order chi connectivity index (χ1) is 19.5. The second-order valence-corrected chi connectivity index (χ2v) is 9.99. The lowest BCUT2D eigenvalue weighted by Gasteiger charge is -2.27. The number of carbonyl (C=O) groups excluding carboxylic acids is 2. The van der Waals surface area contributed by atoms with E-state index in [1.807, 2.05) is 12.1 Å². The largest absolute Gasteiger partial charge is 0.497 e. The first kappa shape index (κ1) is 28.3. The molecule has 1 saturated heterocycles. The van der Waals surface area contributed by atoms with Crippen molar-refractivity contribution < 1.29 is 41.0 Å².